The number of hydrogen-bond acceptors (Lipinski definition) is 5. The largest absolute Gasteiger partial charge is 0.379 e. The van der Waals surface area contributed by atoms with Gasteiger partial charge in [-0.1, -0.05) is 6.08 Å². The summed E-state index contributed by atoms with van der Waals surface area (Å²) in [5.74, 6) is -0.110. The number of nitrogens with zero attached hydrogens (tertiary/aromatic N) is 2. The lowest BCUT2D eigenvalue weighted by Crippen LogP contribution is -2.40. The smallest absolute Gasteiger partial charge is 0.255 e. The molecule has 0 aliphatic carbocycles. The fraction of sp³-hybridized carbons (Fsp3) is 0.526. The number of amides is 1. The number of carbonyl (C=O) groups excluding carboxylic acids is 1. The van der Waals surface area contributed by atoms with Gasteiger partial charge in [0.25, 0.3) is 5.91 Å². The second kappa shape index (κ2) is 8.52. The maximum Gasteiger partial charge on any atom is 0.255 e. The van der Waals surface area contributed by atoms with Crippen molar-refractivity contribution in [1.82, 2.24) is 4.31 Å². The Morgan fingerprint density at radius 2 is 2.07 bits per heavy atom. The lowest BCUT2D eigenvalue weighted by Gasteiger charge is -2.26. The first-order valence-corrected chi connectivity index (χ1v) is 10.6. The standard InChI is InChI=1S/C19H26N2O5S/c1-3-4-11-26-15(2)19(22)21-8-7-16-14-17(5-6-18(16)21)27(23,24)20-9-12-25-13-10-20/h3,5-6,14-15H,1,4,7-13H2,2H3. The van der Waals surface area contributed by atoms with Crippen LogP contribution in [0.2, 0.25) is 0 Å². The Kier molecular flexibility index (Phi) is 6.31. The normalized spacial score (nSPS) is 18.9. The molecule has 27 heavy (non-hydrogen) atoms. The van der Waals surface area contributed by atoms with E-state index in [1.807, 2.05) is 0 Å². The Morgan fingerprint density at radius 1 is 1.33 bits per heavy atom. The van der Waals surface area contributed by atoms with Gasteiger partial charge in [-0.3, -0.25) is 4.79 Å². The van der Waals surface area contributed by atoms with Crippen LogP contribution in [0, 0.1) is 0 Å². The zero-order chi connectivity index (χ0) is 19.4. The Balaban J connectivity index is 1.75. The summed E-state index contributed by atoms with van der Waals surface area (Å²) in [6.07, 6.45) is 2.52. The minimum absolute atomic E-state index is 0.110. The highest BCUT2D eigenvalue weighted by Crippen LogP contribution is 2.32. The van der Waals surface area contributed by atoms with E-state index in [1.165, 1.54) is 4.31 Å². The Hall–Kier alpha value is -1.74. The molecule has 1 saturated heterocycles. The molecule has 1 atom stereocenters. The van der Waals surface area contributed by atoms with Gasteiger partial charge < -0.3 is 14.4 Å². The van der Waals surface area contributed by atoms with E-state index < -0.39 is 16.1 Å². The molecule has 2 aliphatic rings. The van der Waals surface area contributed by atoms with E-state index in [2.05, 4.69) is 6.58 Å². The number of hydrogen-bond donors (Lipinski definition) is 0. The molecule has 1 amide bonds. The van der Waals surface area contributed by atoms with Crippen molar-refractivity contribution in [3.8, 4) is 0 Å². The molecule has 0 radical (unpaired) electrons. The fourth-order valence-electron chi connectivity index (χ4n) is 3.32. The van der Waals surface area contributed by atoms with Gasteiger partial charge in [-0.25, -0.2) is 8.42 Å². The predicted octanol–water partition coefficient (Wildman–Crippen LogP) is 1.58. The average molecular weight is 394 g/mol. The number of anilines is 1. The molecule has 2 aliphatic heterocycles. The molecule has 7 nitrogen and oxygen atoms in total. The molecule has 1 aromatic carbocycles. The van der Waals surface area contributed by atoms with Crippen LogP contribution in [0.15, 0.2) is 35.7 Å². The van der Waals surface area contributed by atoms with Crippen LogP contribution >= 0.6 is 0 Å². The molecule has 0 spiro atoms. The number of fused-ring (bicyclic) bond motifs is 1. The van der Waals surface area contributed by atoms with E-state index in [9.17, 15) is 13.2 Å². The van der Waals surface area contributed by atoms with Gasteiger partial charge in [0.2, 0.25) is 10.0 Å². The van der Waals surface area contributed by atoms with Gasteiger partial charge in [0.15, 0.2) is 0 Å². The van der Waals surface area contributed by atoms with Crippen LogP contribution in [0.3, 0.4) is 0 Å². The van der Waals surface area contributed by atoms with Crippen LogP contribution in [0.4, 0.5) is 5.69 Å². The summed E-state index contributed by atoms with van der Waals surface area (Å²) >= 11 is 0. The lowest BCUT2D eigenvalue weighted by atomic mass is 10.2. The van der Waals surface area contributed by atoms with Crippen molar-refractivity contribution >= 4 is 21.6 Å². The topological polar surface area (TPSA) is 76.2 Å². The molecule has 1 unspecified atom stereocenters. The quantitative estimate of drug-likeness (QED) is 0.518. The molecular formula is C19H26N2O5S. The monoisotopic (exact) mass is 394 g/mol. The lowest BCUT2D eigenvalue weighted by molar-refractivity contribution is -0.128. The van der Waals surface area contributed by atoms with Crippen molar-refractivity contribution in [2.75, 3.05) is 44.4 Å². The van der Waals surface area contributed by atoms with Crippen molar-refractivity contribution in [2.24, 2.45) is 0 Å². The highest BCUT2D eigenvalue weighted by atomic mass is 32.2. The van der Waals surface area contributed by atoms with E-state index >= 15 is 0 Å². The minimum atomic E-state index is -3.54. The van der Waals surface area contributed by atoms with E-state index in [4.69, 9.17) is 9.47 Å². The van der Waals surface area contributed by atoms with Crippen LogP contribution in [0.25, 0.3) is 0 Å². The molecule has 148 valence electrons. The van der Waals surface area contributed by atoms with Crippen LogP contribution < -0.4 is 4.90 Å². The summed E-state index contributed by atoms with van der Waals surface area (Å²) in [5, 5.41) is 0. The van der Waals surface area contributed by atoms with Gasteiger partial charge >= 0.3 is 0 Å². The highest BCUT2D eigenvalue weighted by Gasteiger charge is 2.31. The van der Waals surface area contributed by atoms with E-state index in [1.54, 1.807) is 36.1 Å². The zero-order valence-corrected chi connectivity index (χ0v) is 16.4. The van der Waals surface area contributed by atoms with Gasteiger partial charge in [0, 0.05) is 25.3 Å². The molecule has 0 bridgehead atoms. The average Bonchev–Trinajstić information content (AvgIpc) is 3.11. The number of sulfonamides is 1. The SMILES string of the molecule is C=CCCOC(C)C(=O)N1CCc2cc(S(=O)(=O)N3CCOCC3)ccc21. The summed E-state index contributed by atoms with van der Waals surface area (Å²) in [5.41, 5.74) is 1.64. The van der Waals surface area contributed by atoms with E-state index in [0.717, 1.165) is 11.3 Å². The molecular weight excluding hydrogens is 368 g/mol. The van der Waals surface area contributed by atoms with Crippen LogP contribution in [-0.2, 0) is 30.7 Å². The Labute approximate surface area is 160 Å². The Morgan fingerprint density at radius 3 is 2.78 bits per heavy atom. The maximum atomic E-state index is 12.8. The third kappa shape index (κ3) is 4.24. The van der Waals surface area contributed by atoms with Crippen molar-refractivity contribution < 1.29 is 22.7 Å². The number of morpholine rings is 1. The predicted molar refractivity (Wildman–Crippen MR) is 102 cm³/mol. The van der Waals surface area contributed by atoms with Crippen molar-refractivity contribution in [2.45, 2.75) is 30.8 Å². The van der Waals surface area contributed by atoms with Crippen molar-refractivity contribution in [3.05, 3.63) is 36.4 Å². The summed E-state index contributed by atoms with van der Waals surface area (Å²) in [6, 6.07) is 5.00. The van der Waals surface area contributed by atoms with Crippen LogP contribution in [0.5, 0.6) is 0 Å². The molecule has 8 heteroatoms. The first-order chi connectivity index (χ1) is 12.9. The number of carbonyl (C=O) groups is 1. The van der Waals surface area contributed by atoms with Gasteiger partial charge in [0.05, 0.1) is 24.7 Å². The first-order valence-electron chi connectivity index (χ1n) is 9.20. The summed E-state index contributed by atoms with van der Waals surface area (Å²) in [6.45, 7) is 7.91. The van der Waals surface area contributed by atoms with Gasteiger partial charge in [0.1, 0.15) is 6.10 Å². The molecule has 1 aromatic rings. The van der Waals surface area contributed by atoms with E-state index in [0.29, 0.717) is 52.3 Å². The van der Waals surface area contributed by atoms with Gasteiger partial charge in [-0.05, 0) is 43.5 Å². The van der Waals surface area contributed by atoms with Crippen LogP contribution in [-0.4, -0.2) is 64.2 Å². The number of rotatable bonds is 7. The van der Waals surface area contributed by atoms with Gasteiger partial charge in [-0.15, -0.1) is 6.58 Å². The molecule has 0 N–H and O–H groups in total. The molecule has 0 aromatic heterocycles. The zero-order valence-electron chi connectivity index (χ0n) is 15.6. The van der Waals surface area contributed by atoms with Crippen molar-refractivity contribution in [1.29, 1.82) is 0 Å². The van der Waals surface area contributed by atoms with Crippen LogP contribution in [0.1, 0.15) is 18.9 Å². The first kappa shape index (κ1) is 20.0. The summed E-state index contributed by atoms with van der Waals surface area (Å²) in [4.78, 5) is 14.6. The minimum Gasteiger partial charge on any atom is -0.379 e. The van der Waals surface area contributed by atoms with Crippen molar-refractivity contribution in [3.63, 3.8) is 0 Å². The number of benzene rings is 1. The molecule has 2 heterocycles. The third-order valence-corrected chi connectivity index (χ3v) is 6.75. The van der Waals surface area contributed by atoms with E-state index in [-0.39, 0.29) is 10.8 Å². The summed E-state index contributed by atoms with van der Waals surface area (Å²) in [7, 11) is -3.54. The maximum absolute atomic E-state index is 12.8. The fourth-order valence-corrected chi connectivity index (χ4v) is 4.78. The summed E-state index contributed by atoms with van der Waals surface area (Å²) < 4.78 is 37.9. The van der Waals surface area contributed by atoms with Gasteiger partial charge in [-0.2, -0.15) is 4.31 Å². The molecule has 0 saturated carbocycles. The molecule has 1 fully saturated rings. The highest BCUT2D eigenvalue weighted by molar-refractivity contribution is 7.89. The third-order valence-electron chi connectivity index (χ3n) is 4.86. The Bertz CT molecular complexity index is 802. The number of ether oxygens (including phenoxy) is 2. The second-order valence-electron chi connectivity index (χ2n) is 6.64. The molecule has 3 rings (SSSR count). The second-order valence-corrected chi connectivity index (χ2v) is 8.58.